The molecule has 0 amide bonds. The Bertz CT molecular complexity index is 506. The second kappa shape index (κ2) is 3.52. The third kappa shape index (κ3) is 1.63. The molecule has 86 valence electrons. The summed E-state index contributed by atoms with van der Waals surface area (Å²) in [6.07, 6.45) is 0. The van der Waals surface area contributed by atoms with E-state index in [0.717, 1.165) is 4.70 Å². The van der Waals surface area contributed by atoms with Crippen LogP contribution >= 0.6 is 11.3 Å². The van der Waals surface area contributed by atoms with Crippen LogP contribution in [0.25, 0.3) is 10.1 Å². The molecule has 1 heterocycles. The van der Waals surface area contributed by atoms with Crippen LogP contribution < -0.4 is 0 Å². The Morgan fingerprint density at radius 1 is 1.06 bits per heavy atom. The summed E-state index contributed by atoms with van der Waals surface area (Å²) in [4.78, 5) is 0. The first kappa shape index (κ1) is 11.5. The fourth-order valence-corrected chi connectivity index (χ4v) is 2.61. The van der Waals surface area contributed by atoms with Crippen molar-refractivity contribution in [3.63, 3.8) is 0 Å². The van der Waals surface area contributed by atoms with Crippen molar-refractivity contribution in [2.45, 2.75) is 26.7 Å². The normalized spacial score (nSPS) is 13.3. The molecule has 3 heteroatoms. The minimum absolute atomic E-state index is 0.153. The molecule has 0 N–H and O–H groups in total. The van der Waals surface area contributed by atoms with Gasteiger partial charge in [-0.15, -0.1) is 11.3 Å². The number of fused-ring (bicyclic) bond motifs is 1. The Morgan fingerprint density at radius 3 is 2.31 bits per heavy atom. The number of halogens is 2. The maximum absolute atomic E-state index is 14.2. The maximum atomic E-state index is 14.2. The van der Waals surface area contributed by atoms with E-state index in [1.165, 1.54) is 11.3 Å². The topological polar surface area (TPSA) is 0 Å². The predicted molar refractivity (Wildman–Crippen MR) is 65.2 cm³/mol. The largest absolute Gasteiger partial charge is 0.279 e. The molecule has 1 aromatic carbocycles. The van der Waals surface area contributed by atoms with E-state index in [0.29, 0.717) is 5.39 Å². The van der Waals surface area contributed by atoms with E-state index in [4.69, 9.17) is 0 Å². The molecular formula is C13H14F2S. The van der Waals surface area contributed by atoms with Gasteiger partial charge in [0, 0.05) is 26.4 Å². The molecule has 0 fully saturated rings. The van der Waals surface area contributed by atoms with Gasteiger partial charge in [-0.2, -0.15) is 0 Å². The summed E-state index contributed by atoms with van der Waals surface area (Å²) in [6.45, 7) is 4.71. The molecule has 0 spiro atoms. The highest BCUT2D eigenvalue weighted by Crippen LogP contribution is 2.48. The molecule has 0 bridgehead atoms. The summed E-state index contributed by atoms with van der Waals surface area (Å²) in [5, 5.41) is 2.25. The zero-order chi connectivity index (χ0) is 12.0. The second-order valence-corrected chi connectivity index (χ2v) is 5.88. The van der Waals surface area contributed by atoms with Crippen molar-refractivity contribution in [1.29, 1.82) is 0 Å². The Labute approximate surface area is 97.9 Å². The first-order valence-electron chi connectivity index (χ1n) is 5.18. The molecule has 0 aliphatic carbocycles. The molecule has 2 rings (SSSR count). The maximum Gasteiger partial charge on any atom is 0.279 e. The highest BCUT2D eigenvalue weighted by atomic mass is 32.1. The molecule has 0 aliphatic rings. The van der Waals surface area contributed by atoms with E-state index in [2.05, 4.69) is 0 Å². The van der Waals surface area contributed by atoms with Gasteiger partial charge in [-0.25, -0.2) is 8.78 Å². The first-order chi connectivity index (χ1) is 7.34. The average Bonchev–Trinajstić information content (AvgIpc) is 2.59. The molecule has 0 nitrogen and oxygen atoms in total. The zero-order valence-electron chi connectivity index (χ0n) is 9.55. The van der Waals surface area contributed by atoms with Crippen molar-refractivity contribution >= 4 is 21.4 Å². The molecule has 0 unspecified atom stereocenters. The average molecular weight is 240 g/mol. The van der Waals surface area contributed by atoms with E-state index in [-0.39, 0.29) is 5.56 Å². The minimum atomic E-state index is -2.80. The summed E-state index contributed by atoms with van der Waals surface area (Å²) in [5.41, 5.74) is -0.905. The van der Waals surface area contributed by atoms with Gasteiger partial charge in [-0.05, 0) is 6.07 Å². The number of hydrogen-bond donors (Lipinski definition) is 0. The Kier molecular flexibility index (Phi) is 2.54. The summed E-state index contributed by atoms with van der Waals surface area (Å²) in [7, 11) is 0. The Hall–Kier alpha value is -0.960. The van der Waals surface area contributed by atoms with Gasteiger partial charge in [0.15, 0.2) is 0 Å². The molecule has 0 atom stereocenters. The van der Waals surface area contributed by atoms with Gasteiger partial charge >= 0.3 is 0 Å². The summed E-state index contributed by atoms with van der Waals surface area (Å²) in [5.74, 6) is -2.80. The molecule has 0 radical (unpaired) electrons. The highest BCUT2D eigenvalue weighted by molar-refractivity contribution is 7.17. The SMILES string of the molecule is CC(C)(C)C(F)(F)c1csc2ccccc12. The summed E-state index contributed by atoms with van der Waals surface area (Å²) < 4.78 is 29.4. The van der Waals surface area contributed by atoms with E-state index < -0.39 is 11.3 Å². The van der Waals surface area contributed by atoms with E-state index in [1.807, 2.05) is 12.1 Å². The molecule has 1 aromatic heterocycles. The quantitative estimate of drug-likeness (QED) is 0.655. The van der Waals surface area contributed by atoms with Crippen LogP contribution in [-0.4, -0.2) is 0 Å². The minimum Gasteiger partial charge on any atom is -0.201 e. The molecule has 0 aliphatic heterocycles. The van der Waals surface area contributed by atoms with E-state index in [9.17, 15) is 8.78 Å². The number of rotatable bonds is 1. The van der Waals surface area contributed by atoms with Crippen LogP contribution in [0.1, 0.15) is 26.3 Å². The molecule has 0 saturated carbocycles. The van der Waals surface area contributed by atoms with Crippen molar-refractivity contribution in [3.8, 4) is 0 Å². The van der Waals surface area contributed by atoms with E-state index in [1.54, 1.807) is 38.3 Å². The van der Waals surface area contributed by atoms with Crippen molar-refractivity contribution in [2.75, 3.05) is 0 Å². The van der Waals surface area contributed by atoms with Crippen LogP contribution in [0.4, 0.5) is 8.78 Å². The summed E-state index contributed by atoms with van der Waals surface area (Å²) in [6, 6.07) is 7.32. The monoisotopic (exact) mass is 240 g/mol. The van der Waals surface area contributed by atoms with Gasteiger partial charge < -0.3 is 0 Å². The van der Waals surface area contributed by atoms with Crippen molar-refractivity contribution in [1.82, 2.24) is 0 Å². The van der Waals surface area contributed by atoms with Gasteiger partial charge in [-0.1, -0.05) is 39.0 Å². The lowest BCUT2D eigenvalue weighted by Crippen LogP contribution is -2.30. The van der Waals surface area contributed by atoms with Crippen molar-refractivity contribution in [2.24, 2.45) is 5.41 Å². The first-order valence-corrected chi connectivity index (χ1v) is 6.06. The van der Waals surface area contributed by atoms with Crippen LogP contribution in [0, 0.1) is 5.41 Å². The van der Waals surface area contributed by atoms with Crippen LogP contribution in [-0.2, 0) is 5.92 Å². The third-order valence-electron chi connectivity index (χ3n) is 2.76. The van der Waals surface area contributed by atoms with Gasteiger partial charge in [0.1, 0.15) is 0 Å². The number of benzene rings is 1. The van der Waals surface area contributed by atoms with Crippen LogP contribution in [0.2, 0.25) is 0 Å². The number of hydrogen-bond acceptors (Lipinski definition) is 1. The van der Waals surface area contributed by atoms with E-state index >= 15 is 0 Å². The predicted octanol–water partition coefficient (Wildman–Crippen LogP) is 5.04. The van der Waals surface area contributed by atoms with Gasteiger partial charge in [-0.3, -0.25) is 0 Å². The second-order valence-electron chi connectivity index (χ2n) is 4.97. The standard InChI is InChI=1S/C13H14F2S/c1-12(2,3)13(14,15)10-8-16-11-7-5-4-6-9(10)11/h4-8H,1-3H3. The molecule has 0 saturated heterocycles. The van der Waals surface area contributed by atoms with Gasteiger partial charge in [0.25, 0.3) is 5.92 Å². The number of thiophene rings is 1. The lowest BCUT2D eigenvalue weighted by molar-refractivity contribution is -0.102. The van der Waals surface area contributed by atoms with Crippen LogP contribution in [0.15, 0.2) is 29.6 Å². The molecule has 2 aromatic rings. The van der Waals surface area contributed by atoms with Crippen molar-refractivity contribution in [3.05, 3.63) is 35.2 Å². The Balaban J connectivity index is 2.64. The lowest BCUT2D eigenvalue weighted by Gasteiger charge is -2.30. The van der Waals surface area contributed by atoms with Crippen LogP contribution in [0.5, 0.6) is 0 Å². The number of alkyl halides is 2. The van der Waals surface area contributed by atoms with Gasteiger partial charge in [0.2, 0.25) is 0 Å². The lowest BCUT2D eigenvalue weighted by atomic mass is 9.83. The smallest absolute Gasteiger partial charge is 0.201 e. The molecule has 16 heavy (non-hydrogen) atoms. The highest BCUT2D eigenvalue weighted by Gasteiger charge is 2.45. The summed E-state index contributed by atoms with van der Waals surface area (Å²) >= 11 is 1.38. The zero-order valence-corrected chi connectivity index (χ0v) is 10.4. The van der Waals surface area contributed by atoms with Crippen LogP contribution in [0.3, 0.4) is 0 Å². The molecular weight excluding hydrogens is 226 g/mol. The Morgan fingerprint density at radius 2 is 1.69 bits per heavy atom. The third-order valence-corrected chi connectivity index (χ3v) is 3.72. The fourth-order valence-electron chi connectivity index (χ4n) is 1.62. The van der Waals surface area contributed by atoms with Crippen molar-refractivity contribution < 1.29 is 8.78 Å². The van der Waals surface area contributed by atoms with Gasteiger partial charge in [0.05, 0.1) is 0 Å². The fraction of sp³-hybridized carbons (Fsp3) is 0.385.